The maximum Gasteiger partial charge on any atom is 0.0195 e. The molecule has 1 saturated heterocycles. The van der Waals surface area contributed by atoms with E-state index in [1.54, 1.807) is 0 Å². The molecule has 0 bridgehead atoms. The van der Waals surface area contributed by atoms with Gasteiger partial charge in [0, 0.05) is 38.3 Å². The van der Waals surface area contributed by atoms with E-state index >= 15 is 0 Å². The number of piperazine rings is 1. The standard InChI is InChI=1S/C13H27N3/c1-11-9-16(10-12(2)15(11)3)7-6-14-8-13-4-5-13/h11-14H,4-10H2,1-3H3. The zero-order valence-corrected chi connectivity index (χ0v) is 11.1. The lowest BCUT2D eigenvalue weighted by Gasteiger charge is -2.42. The first-order valence-electron chi connectivity index (χ1n) is 6.82. The van der Waals surface area contributed by atoms with Crippen LogP contribution in [0.4, 0.5) is 0 Å². The molecule has 0 aromatic rings. The molecule has 0 radical (unpaired) electrons. The van der Waals surface area contributed by atoms with Crippen LogP contribution in [0.2, 0.25) is 0 Å². The zero-order chi connectivity index (χ0) is 11.5. The molecule has 0 amide bonds. The van der Waals surface area contributed by atoms with E-state index < -0.39 is 0 Å². The van der Waals surface area contributed by atoms with Gasteiger partial charge in [-0.05, 0) is 46.2 Å². The van der Waals surface area contributed by atoms with E-state index in [1.807, 2.05) is 0 Å². The first-order valence-corrected chi connectivity index (χ1v) is 6.82. The van der Waals surface area contributed by atoms with Gasteiger partial charge in [-0.25, -0.2) is 0 Å². The van der Waals surface area contributed by atoms with Crippen molar-refractivity contribution in [2.45, 2.75) is 38.8 Å². The second-order valence-corrected chi connectivity index (χ2v) is 5.77. The summed E-state index contributed by atoms with van der Waals surface area (Å²) in [4.78, 5) is 5.10. The molecule has 2 fully saturated rings. The Balaban J connectivity index is 1.61. The number of nitrogens with zero attached hydrogens (tertiary/aromatic N) is 2. The maximum atomic E-state index is 3.58. The predicted molar refractivity (Wildman–Crippen MR) is 68.7 cm³/mol. The number of hydrogen-bond donors (Lipinski definition) is 1. The summed E-state index contributed by atoms with van der Waals surface area (Å²) < 4.78 is 0. The van der Waals surface area contributed by atoms with Crippen molar-refractivity contribution in [3.63, 3.8) is 0 Å². The minimum Gasteiger partial charge on any atom is -0.315 e. The summed E-state index contributed by atoms with van der Waals surface area (Å²) in [5.41, 5.74) is 0. The fourth-order valence-electron chi connectivity index (χ4n) is 2.56. The predicted octanol–water partition coefficient (Wildman–Crippen LogP) is 1.01. The van der Waals surface area contributed by atoms with Gasteiger partial charge in [0.25, 0.3) is 0 Å². The fourth-order valence-corrected chi connectivity index (χ4v) is 2.56. The average molecular weight is 225 g/mol. The Morgan fingerprint density at radius 3 is 2.31 bits per heavy atom. The minimum absolute atomic E-state index is 0.701. The summed E-state index contributed by atoms with van der Waals surface area (Å²) in [6, 6.07) is 1.40. The van der Waals surface area contributed by atoms with Crippen molar-refractivity contribution in [2.75, 3.05) is 39.8 Å². The molecule has 0 aromatic carbocycles. The molecule has 2 unspecified atom stereocenters. The van der Waals surface area contributed by atoms with E-state index in [0.29, 0.717) is 12.1 Å². The summed E-state index contributed by atoms with van der Waals surface area (Å²) in [5, 5.41) is 3.58. The molecule has 2 aliphatic rings. The van der Waals surface area contributed by atoms with Crippen LogP contribution in [0.1, 0.15) is 26.7 Å². The smallest absolute Gasteiger partial charge is 0.0195 e. The summed E-state index contributed by atoms with van der Waals surface area (Å²) in [5.74, 6) is 1.00. The quantitative estimate of drug-likeness (QED) is 0.705. The van der Waals surface area contributed by atoms with E-state index in [1.165, 1.54) is 45.6 Å². The van der Waals surface area contributed by atoms with Gasteiger partial charge >= 0.3 is 0 Å². The van der Waals surface area contributed by atoms with Crippen LogP contribution >= 0.6 is 0 Å². The van der Waals surface area contributed by atoms with Gasteiger partial charge in [-0.3, -0.25) is 9.80 Å². The third-order valence-electron chi connectivity index (χ3n) is 4.17. The van der Waals surface area contributed by atoms with E-state index in [2.05, 4.69) is 36.0 Å². The van der Waals surface area contributed by atoms with Crippen LogP contribution in [-0.4, -0.2) is 61.7 Å². The second-order valence-electron chi connectivity index (χ2n) is 5.77. The number of likely N-dealkylation sites (N-methyl/N-ethyl adjacent to an activating group) is 1. The third kappa shape index (κ3) is 3.44. The van der Waals surface area contributed by atoms with Crippen LogP contribution in [0.3, 0.4) is 0 Å². The van der Waals surface area contributed by atoms with E-state index in [-0.39, 0.29) is 0 Å². The SMILES string of the molecule is CC1CN(CCNCC2CC2)CC(C)N1C. The molecule has 3 nitrogen and oxygen atoms in total. The van der Waals surface area contributed by atoms with Gasteiger partial charge in [0.15, 0.2) is 0 Å². The van der Waals surface area contributed by atoms with Crippen molar-refractivity contribution >= 4 is 0 Å². The molecule has 1 aliphatic heterocycles. The molecule has 1 heterocycles. The van der Waals surface area contributed by atoms with Gasteiger partial charge in [0.1, 0.15) is 0 Å². The average Bonchev–Trinajstić information content (AvgIpc) is 3.04. The fraction of sp³-hybridized carbons (Fsp3) is 1.00. The summed E-state index contributed by atoms with van der Waals surface area (Å²) in [6.07, 6.45) is 2.91. The van der Waals surface area contributed by atoms with E-state index in [4.69, 9.17) is 0 Å². The maximum absolute atomic E-state index is 3.58. The lowest BCUT2D eigenvalue weighted by Crippen LogP contribution is -2.55. The van der Waals surface area contributed by atoms with Gasteiger partial charge in [-0.2, -0.15) is 0 Å². The zero-order valence-electron chi connectivity index (χ0n) is 11.1. The summed E-state index contributed by atoms with van der Waals surface area (Å²) in [6.45, 7) is 10.8. The molecule has 1 saturated carbocycles. The number of hydrogen-bond acceptors (Lipinski definition) is 3. The summed E-state index contributed by atoms with van der Waals surface area (Å²) >= 11 is 0. The first kappa shape index (κ1) is 12.3. The van der Waals surface area contributed by atoms with E-state index in [9.17, 15) is 0 Å². The molecule has 2 rings (SSSR count). The van der Waals surface area contributed by atoms with Crippen molar-refractivity contribution in [1.82, 2.24) is 15.1 Å². The molecular formula is C13H27N3. The van der Waals surface area contributed by atoms with E-state index in [0.717, 1.165) is 5.92 Å². The highest BCUT2D eigenvalue weighted by atomic mass is 15.3. The summed E-state index contributed by atoms with van der Waals surface area (Å²) in [7, 11) is 2.25. The van der Waals surface area contributed by atoms with Gasteiger partial charge in [-0.15, -0.1) is 0 Å². The molecule has 94 valence electrons. The van der Waals surface area contributed by atoms with Crippen molar-refractivity contribution in [3.8, 4) is 0 Å². The monoisotopic (exact) mass is 225 g/mol. The Labute approximate surface area is 100 Å². The molecule has 1 N–H and O–H groups in total. The van der Waals surface area contributed by atoms with Crippen LogP contribution in [0, 0.1) is 5.92 Å². The van der Waals surface area contributed by atoms with Crippen LogP contribution in [0.15, 0.2) is 0 Å². The van der Waals surface area contributed by atoms with Gasteiger partial charge in [-0.1, -0.05) is 0 Å². The Hall–Kier alpha value is -0.120. The van der Waals surface area contributed by atoms with Crippen LogP contribution in [0.5, 0.6) is 0 Å². The Kier molecular flexibility index (Phi) is 4.22. The van der Waals surface area contributed by atoms with Gasteiger partial charge in [0.05, 0.1) is 0 Å². The number of rotatable bonds is 5. The Bertz CT molecular complexity index is 203. The highest BCUT2D eigenvalue weighted by Gasteiger charge is 2.26. The number of nitrogens with one attached hydrogen (secondary N) is 1. The molecule has 0 aromatic heterocycles. The first-order chi connectivity index (χ1) is 7.66. The van der Waals surface area contributed by atoms with Crippen molar-refractivity contribution in [1.29, 1.82) is 0 Å². The minimum atomic E-state index is 0.701. The Morgan fingerprint density at radius 1 is 1.12 bits per heavy atom. The van der Waals surface area contributed by atoms with Crippen molar-refractivity contribution in [3.05, 3.63) is 0 Å². The molecule has 16 heavy (non-hydrogen) atoms. The Morgan fingerprint density at radius 2 is 1.75 bits per heavy atom. The van der Waals surface area contributed by atoms with Crippen LogP contribution < -0.4 is 5.32 Å². The van der Waals surface area contributed by atoms with Crippen molar-refractivity contribution in [2.24, 2.45) is 5.92 Å². The normalized spacial score (nSPS) is 33.2. The van der Waals surface area contributed by atoms with Crippen LogP contribution in [-0.2, 0) is 0 Å². The lowest BCUT2D eigenvalue weighted by molar-refractivity contribution is 0.0607. The molecular weight excluding hydrogens is 198 g/mol. The van der Waals surface area contributed by atoms with Crippen LogP contribution in [0.25, 0.3) is 0 Å². The highest BCUT2D eigenvalue weighted by Crippen LogP contribution is 2.27. The molecule has 0 spiro atoms. The molecule has 2 atom stereocenters. The largest absolute Gasteiger partial charge is 0.315 e. The highest BCUT2D eigenvalue weighted by molar-refractivity contribution is 4.83. The van der Waals surface area contributed by atoms with Crippen molar-refractivity contribution < 1.29 is 0 Å². The van der Waals surface area contributed by atoms with Gasteiger partial charge < -0.3 is 5.32 Å². The topological polar surface area (TPSA) is 18.5 Å². The lowest BCUT2D eigenvalue weighted by atomic mass is 10.1. The molecule has 3 heteroatoms. The third-order valence-corrected chi connectivity index (χ3v) is 4.17. The molecule has 1 aliphatic carbocycles. The van der Waals surface area contributed by atoms with Gasteiger partial charge in [0.2, 0.25) is 0 Å². The second kappa shape index (κ2) is 5.48.